The van der Waals surface area contributed by atoms with Crippen LogP contribution in [-0.4, -0.2) is 37.2 Å². The number of thiophene rings is 1. The molecule has 0 fully saturated rings. The van der Waals surface area contributed by atoms with Gasteiger partial charge in [-0.1, -0.05) is 0 Å². The fraction of sp³-hybridized carbons (Fsp3) is 0.556. The van der Waals surface area contributed by atoms with Crippen LogP contribution in [0.15, 0.2) is 16.8 Å². The van der Waals surface area contributed by atoms with E-state index in [0.717, 1.165) is 6.54 Å². The third-order valence-corrected chi connectivity index (χ3v) is 3.49. The van der Waals surface area contributed by atoms with Crippen LogP contribution < -0.4 is 51.4 Å². The summed E-state index contributed by atoms with van der Waals surface area (Å²) in [5, 5.41) is 4.06. The van der Waals surface area contributed by atoms with Crippen LogP contribution in [0.25, 0.3) is 0 Å². The van der Waals surface area contributed by atoms with Gasteiger partial charge in [-0.05, 0) is 42.4 Å². The van der Waals surface area contributed by atoms with Gasteiger partial charge in [-0.3, -0.25) is 0 Å². The molecule has 1 rings (SSSR count). The van der Waals surface area contributed by atoms with Gasteiger partial charge in [0.2, 0.25) is 0 Å². The fourth-order valence-corrected chi connectivity index (χ4v) is 2.43. The molecule has 0 unspecified atom stereocenters. The van der Waals surface area contributed by atoms with Gasteiger partial charge < -0.3 is 9.45 Å². The van der Waals surface area contributed by atoms with Crippen LogP contribution in [0.3, 0.4) is 0 Å². The minimum absolute atomic E-state index is 0. The Hall–Kier alpha value is 1.21. The Bertz CT molecular complexity index is 377. The van der Waals surface area contributed by atoms with Crippen molar-refractivity contribution >= 4 is 21.5 Å². The van der Waals surface area contributed by atoms with Gasteiger partial charge >= 0.3 is 51.4 Å². The number of hydrogen-bond donors (Lipinski definition) is 0. The molecule has 0 aromatic carbocycles. The first-order valence-electron chi connectivity index (χ1n) is 4.60. The molecule has 16 heavy (non-hydrogen) atoms. The average molecular weight is 287 g/mol. The summed E-state index contributed by atoms with van der Waals surface area (Å²) < 4.78 is 31.1. The Morgan fingerprint density at radius 2 is 2.19 bits per heavy atom. The van der Waals surface area contributed by atoms with Crippen molar-refractivity contribution in [3.8, 4) is 0 Å². The van der Waals surface area contributed by atoms with E-state index in [1.807, 2.05) is 23.4 Å². The van der Waals surface area contributed by atoms with Gasteiger partial charge in [0.1, 0.15) is 0 Å². The summed E-state index contributed by atoms with van der Waals surface area (Å²) in [5.41, 5.74) is 1.22. The van der Waals surface area contributed by atoms with E-state index in [2.05, 4.69) is 5.38 Å². The van der Waals surface area contributed by atoms with Crippen molar-refractivity contribution in [2.24, 2.45) is 0 Å². The van der Waals surface area contributed by atoms with Crippen LogP contribution in [0, 0.1) is 0 Å². The third kappa shape index (κ3) is 8.32. The molecule has 0 saturated carbocycles. The predicted molar refractivity (Wildman–Crippen MR) is 59.8 cm³/mol. The fourth-order valence-electron chi connectivity index (χ4n) is 1.28. The molecule has 1 heterocycles. The topological polar surface area (TPSA) is 60.4 Å². The monoisotopic (exact) mass is 287 g/mol. The molecule has 0 spiro atoms. The van der Waals surface area contributed by atoms with Gasteiger partial charge in [0, 0.05) is 12.3 Å². The van der Waals surface area contributed by atoms with Crippen molar-refractivity contribution < 1.29 is 64.4 Å². The van der Waals surface area contributed by atoms with Gasteiger partial charge in [-0.2, -0.15) is 11.3 Å². The van der Waals surface area contributed by atoms with Crippen LogP contribution in [-0.2, 0) is 16.7 Å². The maximum Gasteiger partial charge on any atom is 1.00 e. The first-order chi connectivity index (χ1) is 6.97. The summed E-state index contributed by atoms with van der Waals surface area (Å²) in [5.74, 6) is -0.277. The largest absolute Gasteiger partial charge is 1.00 e. The van der Waals surface area contributed by atoms with E-state index in [-0.39, 0.29) is 57.1 Å². The summed E-state index contributed by atoms with van der Waals surface area (Å²) in [6, 6.07) is 2.03. The van der Waals surface area contributed by atoms with Gasteiger partial charge in [0.25, 0.3) is 0 Å². The molecule has 7 heteroatoms. The summed E-state index contributed by atoms with van der Waals surface area (Å²) >= 11 is 1.64. The normalized spacial score (nSPS) is 11.4. The molecular formula is C9H14KNO3S2. The van der Waals surface area contributed by atoms with Crippen molar-refractivity contribution in [1.29, 1.82) is 0 Å². The first kappa shape index (κ1) is 17.2. The molecule has 0 aliphatic heterocycles. The second-order valence-electron chi connectivity index (χ2n) is 3.48. The SMILES string of the molecule is CN(CCCS(=O)(=O)[O-])Cc1ccsc1.[K+]. The van der Waals surface area contributed by atoms with Crippen LogP contribution >= 0.6 is 11.3 Å². The maximum absolute atomic E-state index is 10.4. The van der Waals surface area contributed by atoms with Crippen LogP contribution in [0.4, 0.5) is 0 Å². The van der Waals surface area contributed by atoms with Gasteiger partial charge in [-0.25, -0.2) is 8.42 Å². The van der Waals surface area contributed by atoms with Gasteiger partial charge in [0.05, 0.1) is 10.1 Å². The first-order valence-corrected chi connectivity index (χ1v) is 7.12. The van der Waals surface area contributed by atoms with Crippen LogP contribution in [0.2, 0.25) is 0 Å². The predicted octanol–water partition coefficient (Wildman–Crippen LogP) is -1.88. The zero-order valence-corrected chi connectivity index (χ0v) is 14.3. The maximum atomic E-state index is 10.4. The Morgan fingerprint density at radius 3 is 2.69 bits per heavy atom. The molecule has 0 amide bonds. The van der Waals surface area contributed by atoms with Crippen molar-refractivity contribution in [3.05, 3.63) is 22.4 Å². The molecule has 0 radical (unpaired) electrons. The summed E-state index contributed by atoms with van der Waals surface area (Å²) in [7, 11) is -2.14. The minimum Gasteiger partial charge on any atom is -0.748 e. The minimum atomic E-state index is -4.06. The molecule has 1 aromatic heterocycles. The third-order valence-electron chi connectivity index (χ3n) is 1.97. The molecular weight excluding hydrogens is 273 g/mol. The number of rotatable bonds is 6. The van der Waals surface area contributed by atoms with Gasteiger partial charge in [0.15, 0.2) is 0 Å². The standard InChI is InChI=1S/C9H15NO3S2.K/c1-10(4-2-6-15(11,12)13)7-9-3-5-14-8-9;/h3,5,8H,2,4,6-7H2,1H3,(H,11,12,13);/q;+1/p-1. The van der Waals surface area contributed by atoms with Crippen LogP contribution in [0.1, 0.15) is 12.0 Å². The van der Waals surface area contributed by atoms with E-state index in [1.165, 1.54) is 5.56 Å². The molecule has 86 valence electrons. The van der Waals surface area contributed by atoms with Crippen LogP contribution in [0.5, 0.6) is 0 Å². The second-order valence-corrected chi connectivity index (χ2v) is 5.79. The smallest absolute Gasteiger partial charge is 0.748 e. The molecule has 0 aliphatic carbocycles. The summed E-state index contributed by atoms with van der Waals surface area (Å²) in [4.78, 5) is 2.01. The quantitative estimate of drug-likeness (QED) is 0.454. The van der Waals surface area contributed by atoms with E-state index in [1.54, 1.807) is 11.3 Å². The molecule has 0 bridgehead atoms. The molecule has 4 nitrogen and oxygen atoms in total. The number of nitrogens with zero attached hydrogens (tertiary/aromatic N) is 1. The Kier molecular flexibility index (Phi) is 8.96. The van der Waals surface area contributed by atoms with E-state index in [0.29, 0.717) is 13.0 Å². The van der Waals surface area contributed by atoms with E-state index in [9.17, 15) is 13.0 Å². The Labute approximate surface area is 143 Å². The zero-order chi connectivity index (χ0) is 11.3. The number of hydrogen-bond acceptors (Lipinski definition) is 5. The van der Waals surface area contributed by atoms with E-state index >= 15 is 0 Å². The Morgan fingerprint density at radius 1 is 1.50 bits per heavy atom. The average Bonchev–Trinajstić information content (AvgIpc) is 2.54. The van der Waals surface area contributed by atoms with Crippen molar-refractivity contribution in [2.45, 2.75) is 13.0 Å². The van der Waals surface area contributed by atoms with E-state index in [4.69, 9.17) is 0 Å². The summed E-state index contributed by atoms with van der Waals surface area (Å²) in [6.45, 7) is 1.42. The molecule has 0 saturated heterocycles. The Balaban J connectivity index is 0.00000225. The van der Waals surface area contributed by atoms with E-state index < -0.39 is 10.1 Å². The molecule has 0 aliphatic rings. The molecule has 1 aromatic rings. The van der Waals surface area contributed by atoms with Crippen molar-refractivity contribution in [3.63, 3.8) is 0 Å². The van der Waals surface area contributed by atoms with Crippen molar-refractivity contribution in [1.82, 2.24) is 4.90 Å². The second kappa shape index (κ2) is 8.33. The van der Waals surface area contributed by atoms with Gasteiger partial charge in [-0.15, -0.1) is 0 Å². The molecule has 0 N–H and O–H groups in total. The van der Waals surface area contributed by atoms with Crippen molar-refractivity contribution in [2.75, 3.05) is 19.3 Å². The summed E-state index contributed by atoms with van der Waals surface area (Å²) in [6.07, 6.45) is 0.395. The molecule has 0 atom stereocenters. The zero-order valence-electron chi connectivity index (χ0n) is 9.55.